The van der Waals surface area contributed by atoms with Crippen LogP contribution in [0.1, 0.15) is 61.7 Å². The number of methoxy groups -OCH3 is 1. The third kappa shape index (κ3) is 3.59. The molecule has 1 aromatic rings. The first kappa shape index (κ1) is 20.2. The van der Waals surface area contributed by atoms with Crippen LogP contribution < -0.4 is 10.1 Å². The van der Waals surface area contributed by atoms with Crippen molar-refractivity contribution in [3.63, 3.8) is 0 Å². The zero-order chi connectivity index (χ0) is 20.9. The molecule has 1 aliphatic heterocycles. The number of hydrogen-bond donors (Lipinski definition) is 1. The van der Waals surface area contributed by atoms with E-state index in [1.807, 2.05) is 0 Å². The number of amides is 2. The number of benzene rings is 1. The summed E-state index contributed by atoms with van der Waals surface area (Å²) in [7, 11) is 1.55. The fourth-order valence-electron chi connectivity index (χ4n) is 7.06. The molecule has 5 fully saturated rings. The molecular formula is C24H31ClN2O3. The van der Waals surface area contributed by atoms with Gasteiger partial charge in [-0.2, -0.15) is 0 Å². The lowest BCUT2D eigenvalue weighted by Crippen LogP contribution is -2.56. The summed E-state index contributed by atoms with van der Waals surface area (Å²) in [6.07, 6.45) is 9.00. The average molecular weight is 431 g/mol. The van der Waals surface area contributed by atoms with Crippen molar-refractivity contribution in [2.75, 3.05) is 20.2 Å². The second kappa shape index (κ2) is 7.74. The molecule has 4 saturated carbocycles. The molecular weight excluding hydrogens is 400 g/mol. The number of nitrogens with one attached hydrogen (secondary N) is 1. The van der Waals surface area contributed by atoms with Crippen LogP contribution in [0.4, 0.5) is 0 Å². The van der Waals surface area contributed by atoms with Crippen LogP contribution in [0, 0.1) is 23.2 Å². The second-order valence-corrected chi connectivity index (χ2v) is 10.5. The van der Waals surface area contributed by atoms with Crippen molar-refractivity contribution in [3.05, 3.63) is 28.8 Å². The Labute approximate surface area is 183 Å². The van der Waals surface area contributed by atoms with Crippen molar-refractivity contribution in [1.29, 1.82) is 0 Å². The van der Waals surface area contributed by atoms with Crippen LogP contribution in [-0.4, -0.2) is 43.0 Å². The predicted octanol–water partition coefficient (Wildman–Crippen LogP) is 4.29. The molecule has 2 amide bonds. The lowest BCUT2D eigenvalue weighted by molar-refractivity contribution is -0.158. The number of carbonyl (C=O) groups excluding carboxylic acids is 2. The highest BCUT2D eigenvalue weighted by atomic mass is 35.5. The first-order valence-electron chi connectivity index (χ1n) is 11.4. The molecule has 1 N–H and O–H groups in total. The first-order valence-corrected chi connectivity index (χ1v) is 11.8. The summed E-state index contributed by atoms with van der Waals surface area (Å²) in [5, 5.41) is 3.63. The van der Waals surface area contributed by atoms with Gasteiger partial charge in [-0.25, -0.2) is 0 Å². The van der Waals surface area contributed by atoms with Gasteiger partial charge in [-0.3, -0.25) is 9.59 Å². The molecule has 0 spiro atoms. The van der Waals surface area contributed by atoms with Gasteiger partial charge in [0.15, 0.2) is 0 Å². The van der Waals surface area contributed by atoms with Gasteiger partial charge in [0, 0.05) is 24.2 Å². The van der Waals surface area contributed by atoms with Crippen molar-refractivity contribution in [2.45, 2.75) is 57.4 Å². The Kier molecular flexibility index (Phi) is 5.20. The van der Waals surface area contributed by atoms with Gasteiger partial charge in [-0.15, -0.1) is 0 Å². The monoisotopic (exact) mass is 430 g/mol. The molecule has 0 unspecified atom stereocenters. The zero-order valence-electron chi connectivity index (χ0n) is 17.7. The Morgan fingerprint density at radius 3 is 2.23 bits per heavy atom. The molecule has 5 nitrogen and oxygen atoms in total. The van der Waals surface area contributed by atoms with Crippen LogP contribution >= 0.6 is 11.6 Å². The summed E-state index contributed by atoms with van der Waals surface area (Å²) >= 11 is 6.06. The molecule has 0 atom stereocenters. The van der Waals surface area contributed by atoms with E-state index in [0.29, 0.717) is 22.2 Å². The summed E-state index contributed by atoms with van der Waals surface area (Å²) in [6, 6.07) is 5.14. The van der Waals surface area contributed by atoms with Gasteiger partial charge in [0.25, 0.3) is 5.91 Å². The van der Waals surface area contributed by atoms with Crippen LogP contribution in [0.15, 0.2) is 18.2 Å². The van der Waals surface area contributed by atoms with E-state index in [9.17, 15) is 9.59 Å². The highest BCUT2D eigenvalue weighted by Gasteiger charge is 2.55. The molecule has 5 aliphatic rings. The fourth-order valence-corrected chi connectivity index (χ4v) is 7.23. The van der Waals surface area contributed by atoms with E-state index in [4.69, 9.17) is 16.3 Å². The van der Waals surface area contributed by atoms with Gasteiger partial charge in [-0.05, 0) is 87.3 Å². The van der Waals surface area contributed by atoms with Gasteiger partial charge in [0.1, 0.15) is 5.75 Å². The maximum Gasteiger partial charge on any atom is 0.255 e. The Hall–Kier alpha value is -1.75. The van der Waals surface area contributed by atoms with Gasteiger partial charge < -0.3 is 15.0 Å². The highest BCUT2D eigenvalue weighted by molar-refractivity contribution is 6.31. The van der Waals surface area contributed by atoms with Crippen LogP contribution in [0.3, 0.4) is 0 Å². The van der Waals surface area contributed by atoms with Crippen LogP contribution in [-0.2, 0) is 4.79 Å². The Morgan fingerprint density at radius 2 is 1.67 bits per heavy atom. The molecule has 4 bridgehead atoms. The van der Waals surface area contributed by atoms with Crippen LogP contribution in [0.5, 0.6) is 5.75 Å². The fraction of sp³-hybridized carbons (Fsp3) is 0.667. The third-order valence-electron chi connectivity index (χ3n) is 8.02. The number of halogens is 1. The molecule has 0 aromatic heterocycles. The summed E-state index contributed by atoms with van der Waals surface area (Å²) in [5.74, 6) is 3.11. The van der Waals surface area contributed by atoms with E-state index in [1.54, 1.807) is 25.3 Å². The number of nitrogens with zero attached hydrogens (tertiary/aromatic N) is 1. The topological polar surface area (TPSA) is 58.6 Å². The predicted molar refractivity (Wildman–Crippen MR) is 116 cm³/mol. The zero-order valence-corrected chi connectivity index (χ0v) is 18.4. The summed E-state index contributed by atoms with van der Waals surface area (Å²) in [6.45, 7) is 1.47. The second-order valence-electron chi connectivity index (χ2n) is 10.1. The standard InChI is InChI=1S/C24H31ClN2O3/c1-30-21-3-2-18(25)11-20(21)22(28)26-19-4-6-27(7-5-19)23(29)24-12-15-8-16(13-24)10-17(9-15)14-24/h2-3,11,15-17,19H,4-10,12-14H2,1H3,(H,26,28). The average Bonchev–Trinajstić information content (AvgIpc) is 2.73. The third-order valence-corrected chi connectivity index (χ3v) is 8.25. The SMILES string of the molecule is COc1ccc(Cl)cc1C(=O)NC1CCN(C(=O)C23CC4CC(CC(C4)C2)C3)CC1. The van der Waals surface area contributed by atoms with Crippen LogP contribution in [0.2, 0.25) is 5.02 Å². The quantitative estimate of drug-likeness (QED) is 0.775. The van der Waals surface area contributed by atoms with Crippen LogP contribution in [0.25, 0.3) is 0 Å². The molecule has 4 aliphatic carbocycles. The highest BCUT2D eigenvalue weighted by Crippen LogP contribution is 2.60. The lowest BCUT2D eigenvalue weighted by Gasteiger charge is -2.57. The normalized spacial score (nSPS) is 32.9. The molecule has 162 valence electrons. The van der Waals surface area contributed by atoms with E-state index in [0.717, 1.165) is 62.9 Å². The summed E-state index contributed by atoms with van der Waals surface area (Å²) in [4.78, 5) is 28.4. The van der Waals surface area contributed by atoms with Crippen molar-refractivity contribution in [2.24, 2.45) is 23.2 Å². The van der Waals surface area contributed by atoms with Crippen molar-refractivity contribution in [3.8, 4) is 5.75 Å². The maximum absolute atomic E-state index is 13.5. The molecule has 1 heterocycles. The molecule has 6 rings (SSSR count). The van der Waals surface area contributed by atoms with E-state index in [-0.39, 0.29) is 17.4 Å². The lowest BCUT2D eigenvalue weighted by atomic mass is 9.49. The smallest absolute Gasteiger partial charge is 0.255 e. The molecule has 1 saturated heterocycles. The van der Waals surface area contributed by atoms with Gasteiger partial charge in [-0.1, -0.05) is 11.6 Å². The van der Waals surface area contributed by atoms with Gasteiger partial charge >= 0.3 is 0 Å². The van der Waals surface area contributed by atoms with Gasteiger partial charge in [0.05, 0.1) is 18.1 Å². The number of hydrogen-bond acceptors (Lipinski definition) is 3. The maximum atomic E-state index is 13.5. The minimum absolute atomic E-state index is 0.0704. The van der Waals surface area contributed by atoms with Crippen molar-refractivity contribution >= 4 is 23.4 Å². The van der Waals surface area contributed by atoms with E-state index >= 15 is 0 Å². The minimum atomic E-state index is -0.166. The van der Waals surface area contributed by atoms with Crippen molar-refractivity contribution < 1.29 is 14.3 Å². The molecule has 0 radical (unpaired) electrons. The number of piperidine rings is 1. The van der Waals surface area contributed by atoms with Crippen molar-refractivity contribution in [1.82, 2.24) is 10.2 Å². The summed E-state index contributed by atoms with van der Waals surface area (Å²) < 4.78 is 5.30. The number of likely N-dealkylation sites (tertiary alicyclic amines) is 1. The number of rotatable bonds is 4. The Balaban J connectivity index is 1.19. The molecule has 30 heavy (non-hydrogen) atoms. The largest absolute Gasteiger partial charge is 0.496 e. The Bertz CT molecular complexity index is 812. The number of ether oxygens (including phenoxy) is 1. The van der Waals surface area contributed by atoms with E-state index < -0.39 is 0 Å². The Morgan fingerprint density at radius 1 is 1.07 bits per heavy atom. The first-order chi connectivity index (χ1) is 14.5. The van der Waals surface area contributed by atoms with E-state index in [1.165, 1.54) is 19.3 Å². The number of carbonyl (C=O) groups is 2. The summed E-state index contributed by atoms with van der Waals surface area (Å²) in [5.41, 5.74) is 0.385. The van der Waals surface area contributed by atoms with E-state index in [2.05, 4.69) is 10.2 Å². The molecule has 6 heteroatoms. The minimum Gasteiger partial charge on any atom is -0.496 e. The molecule has 1 aromatic carbocycles. The van der Waals surface area contributed by atoms with Gasteiger partial charge in [0.2, 0.25) is 5.91 Å².